The van der Waals surface area contributed by atoms with Gasteiger partial charge in [0.05, 0.1) is 5.69 Å². The van der Waals surface area contributed by atoms with Gasteiger partial charge in [-0.25, -0.2) is 13.8 Å². The van der Waals surface area contributed by atoms with Gasteiger partial charge in [-0.2, -0.15) is 0 Å². The third-order valence-electron chi connectivity index (χ3n) is 3.41. The minimum Gasteiger partial charge on any atom is -0.287 e. The van der Waals surface area contributed by atoms with Crippen molar-refractivity contribution in [3.8, 4) is 10.6 Å². The van der Waals surface area contributed by atoms with E-state index in [4.69, 9.17) is 0 Å². The Morgan fingerprint density at radius 3 is 2.65 bits per heavy atom. The van der Waals surface area contributed by atoms with Gasteiger partial charge in [0.25, 0.3) is 0 Å². The van der Waals surface area contributed by atoms with Gasteiger partial charge in [0.15, 0.2) is 0 Å². The van der Waals surface area contributed by atoms with Crippen LogP contribution in [0.3, 0.4) is 0 Å². The number of rotatable bonds is 4. The second-order valence-corrected chi connectivity index (χ2v) is 5.99. The lowest BCUT2D eigenvalue weighted by Gasteiger charge is -2.00. The fraction of sp³-hybridized carbons (Fsp3) is 0.333. The molecule has 3 rings (SSSR count). The Bertz CT molecular complexity index is 662. The lowest BCUT2D eigenvalue weighted by atomic mass is 10.1. The quantitative estimate of drug-likeness (QED) is 0.780. The monoisotopic (exact) mass is 293 g/mol. The molecule has 1 fully saturated rings. The summed E-state index contributed by atoms with van der Waals surface area (Å²) in [6.45, 7) is 1.95. The first-order valence-corrected chi connectivity index (χ1v) is 7.28. The fourth-order valence-corrected chi connectivity index (χ4v) is 3.35. The van der Waals surface area contributed by atoms with E-state index in [0.717, 1.165) is 35.3 Å². The van der Waals surface area contributed by atoms with Gasteiger partial charge in [-0.3, -0.25) is 4.79 Å². The van der Waals surface area contributed by atoms with Crippen LogP contribution in [-0.4, -0.2) is 17.2 Å². The zero-order chi connectivity index (χ0) is 14.3. The van der Waals surface area contributed by atoms with Crippen LogP contribution in [0, 0.1) is 6.92 Å². The Labute approximate surface area is 119 Å². The van der Waals surface area contributed by atoms with Crippen molar-refractivity contribution in [1.82, 2.24) is 4.98 Å². The van der Waals surface area contributed by atoms with Crippen LogP contribution < -0.4 is 0 Å². The number of benzene rings is 1. The van der Waals surface area contributed by atoms with Crippen molar-refractivity contribution in [2.45, 2.75) is 32.1 Å². The molecule has 0 unspecified atom stereocenters. The zero-order valence-corrected chi connectivity index (χ0v) is 11.7. The third kappa shape index (κ3) is 2.38. The molecule has 1 aromatic heterocycles. The van der Waals surface area contributed by atoms with Gasteiger partial charge < -0.3 is 0 Å². The number of hydrogen-bond donors (Lipinski definition) is 0. The summed E-state index contributed by atoms with van der Waals surface area (Å²) in [6, 6.07) is 7.65. The van der Waals surface area contributed by atoms with Gasteiger partial charge in [-0.1, -0.05) is 24.3 Å². The average molecular weight is 293 g/mol. The Hall–Kier alpha value is -1.62. The van der Waals surface area contributed by atoms with E-state index in [2.05, 4.69) is 4.98 Å². The van der Waals surface area contributed by atoms with Crippen molar-refractivity contribution in [1.29, 1.82) is 0 Å². The van der Waals surface area contributed by atoms with E-state index in [1.54, 1.807) is 0 Å². The van der Waals surface area contributed by atoms with Crippen LogP contribution in [0.2, 0.25) is 0 Å². The Kier molecular flexibility index (Phi) is 3.38. The standard InChI is InChI=1S/C15H13F2NOS/c1-8-4-2-3-5-10(8)15-18-11(9-6-7-9)13(20-15)12(19)14(16)17/h2-5,9,14H,6-7H2,1H3. The molecule has 0 N–H and O–H groups in total. The van der Waals surface area contributed by atoms with E-state index in [9.17, 15) is 13.6 Å². The first kappa shape index (κ1) is 13.4. The number of carbonyl (C=O) groups excluding carboxylic acids is 1. The summed E-state index contributed by atoms with van der Waals surface area (Å²) < 4.78 is 25.4. The lowest BCUT2D eigenvalue weighted by Crippen LogP contribution is -2.10. The molecule has 0 aliphatic heterocycles. The van der Waals surface area contributed by atoms with Crippen LogP contribution in [0.4, 0.5) is 8.78 Å². The fourth-order valence-electron chi connectivity index (χ4n) is 2.17. The molecule has 1 aromatic carbocycles. The van der Waals surface area contributed by atoms with Crippen molar-refractivity contribution in [2.24, 2.45) is 0 Å². The van der Waals surface area contributed by atoms with Gasteiger partial charge in [-0.05, 0) is 25.3 Å². The van der Waals surface area contributed by atoms with Crippen molar-refractivity contribution in [2.75, 3.05) is 0 Å². The van der Waals surface area contributed by atoms with Crippen LogP contribution in [-0.2, 0) is 0 Å². The molecule has 1 aliphatic rings. The van der Waals surface area contributed by atoms with Gasteiger partial charge in [0.1, 0.15) is 9.88 Å². The first-order valence-electron chi connectivity index (χ1n) is 6.47. The molecule has 1 aliphatic carbocycles. The highest BCUT2D eigenvalue weighted by molar-refractivity contribution is 7.17. The molecule has 2 aromatic rings. The SMILES string of the molecule is Cc1ccccc1-c1nc(C2CC2)c(C(=O)C(F)F)s1. The van der Waals surface area contributed by atoms with Crippen LogP contribution >= 0.6 is 11.3 Å². The summed E-state index contributed by atoms with van der Waals surface area (Å²) in [5.74, 6) is -0.911. The minimum absolute atomic E-state index is 0.140. The Morgan fingerprint density at radius 2 is 2.05 bits per heavy atom. The van der Waals surface area contributed by atoms with Crippen molar-refractivity contribution in [3.63, 3.8) is 0 Å². The summed E-state index contributed by atoms with van der Waals surface area (Å²) in [6.07, 6.45) is -1.10. The number of thiazole rings is 1. The van der Waals surface area contributed by atoms with Crippen LogP contribution in [0.5, 0.6) is 0 Å². The molecule has 104 valence electrons. The predicted octanol–water partition coefficient (Wildman–Crippen LogP) is 4.44. The lowest BCUT2D eigenvalue weighted by molar-refractivity contribution is 0.0682. The topological polar surface area (TPSA) is 30.0 Å². The molecule has 0 amide bonds. The molecule has 20 heavy (non-hydrogen) atoms. The van der Waals surface area contributed by atoms with Gasteiger partial charge in [-0.15, -0.1) is 11.3 Å². The first-order chi connectivity index (χ1) is 9.58. The molecule has 0 spiro atoms. The molecule has 0 atom stereocenters. The summed E-state index contributed by atoms with van der Waals surface area (Å²) in [5, 5.41) is 0.661. The number of aromatic nitrogens is 1. The highest BCUT2D eigenvalue weighted by Gasteiger charge is 2.34. The maximum atomic E-state index is 12.7. The highest BCUT2D eigenvalue weighted by Crippen LogP contribution is 2.45. The minimum atomic E-state index is -2.96. The number of nitrogens with zero attached hydrogens (tertiary/aromatic N) is 1. The van der Waals surface area contributed by atoms with Gasteiger partial charge in [0, 0.05) is 11.5 Å². The number of halogens is 2. The summed E-state index contributed by atoms with van der Waals surface area (Å²) >= 11 is 1.09. The van der Waals surface area contributed by atoms with Gasteiger partial charge >= 0.3 is 6.43 Å². The van der Waals surface area contributed by atoms with Crippen LogP contribution in [0.1, 0.15) is 39.7 Å². The summed E-state index contributed by atoms with van der Waals surface area (Å²) in [5.41, 5.74) is 2.51. The second kappa shape index (κ2) is 5.05. The third-order valence-corrected chi connectivity index (χ3v) is 4.53. The number of carbonyl (C=O) groups is 1. The molecule has 0 saturated heterocycles. The van der Waals surface area contributed by atoms with E-state index >= 15 is 0 Å². The molecule has 1 saturated carbocycles. The van der Waals surface area contributed by atoms with Crippen molar-refractivity contribution < 1.29 is 13.6 Å². The number of ketones is 1. The number of aryl methyl sites for hydroxylation is 1. The summed E-state index contributed by atoms with van der Waals surface area (Å²) in [4.78, 5) is 16.3. The molecule has 0 bridgehead atoms. The number of Topliss-reactive ketones (excluding diaryl/α,β-unsaturated/α-hetero) is 1. The van der Waals surface area contributed by atoms with E-state index in [1.165, 1.54) is 0 Å². The predicted molar refractivity (Wildman–Crippen MR) is 74.6 cm³/mol. The van der Waals surface area contributed by atoms with Crippen molar-refractivity contribution in [3.05, 3.63) is 40.4 Å². The van der Waals surface area contributed by atoms with Crippen LogP contribution in [0.25, 0.3) is 10.6 Å². The molecule has 5 heteroatoms. The maximum absolute atomic E-state index is 12.7. The summed E-state index contributed by atoms with van der Waals surface area (Å²) in [7, 11) is 0. The Balaban J connectivity index is 2.08. The molecule has 1 heterocycles. The number of hydrogen-bond acceptors (Lipinski definition) is 3. The normalized spacial score (nSPS) is 14.8. The number of alkyl halides is 2. The molecular weight excluding hydrogens is 280 g/mol. The maximum Gasteiger partial charge on any atom is 0.301 e. The van der Waals surface area contributed by atoms with Crippen LogP contribution in [0.15, 0.2) is 24.3 Å². The van der Waals surface area contributed by atoms with Gasteiger partial charge in [0.2, 0.25) is 5.78 Å². The van der Waals surface area contributed by atoms with E-state index < -0.39 is 12.2 Å². The molecule has 0 radical (unpaired) electrons. The smallest absolute Gasteiger partial charge is 0.287 e. The van der Waals surface area contributed by atoms with E-state index in [0.29, 0.717) is 10.7 Å². The molecule has 2 nitrogen and oxygen atoms in total. The highest BCUT2D eigenvalue weighted by atomic mass is 32.1. The van der Waals surface area contributed by atoms with E-state index in [-0.39, 0.29) is 10.8 Å². The van der Waals surface area contributed by atoms with Crippen molar-refractivity contribution >= 4 is 17.1 Å². The largest absolute Gasteiger partial charge is 0.301 e. The Morgan fingerprint density at radius 1 is 1.35 bits per heavy atom. The second-order valence-electron chi connectivity index (χ2n) is 4.99. The molecular formula is C15H13F2NOS. The average Bonchev–Trinajstić information content (AvgIpc) is 3.18. The zero-order valence-electron chi connectivity index (χ0n) is 10.9. The van der Waals surface area contributed by atoms with E-state index in [1.807, 2.05) is 31.2 Å².